The first-order valence-corrected chi connectivity index (χ1v) is 4.68. The monoisotopic (exact) mass is 193 g/mol. The first-order chi connectivity index (χ1) is 6.27. The van der Waals surface area contributed by atoms with E-state index in [9.17, 15) is 0 Å². The fourth-order valence-electron chi connectivity index (χ4n) is 1.33. The molecule has 68 valence electrons. The van der Waals surface area contributed by atoms with Crippen molar-refractivity contribution in [3.05, 3.63) is 23.4 Å². The van der Waals surface area contributed by atoms with E-state index in [0.717, 1.165) is 35.2 Å². The fourth-order valence-corrected chi connectivity index (χ4v) is 1.59. The van der Waals surface area contributed by atoms with Crippen LogP contribution >= 0.6 is 12.2 Å². The van der Waals surface area contributed by atoms with E-state index in [1.54, 1.807) is 0 Å². The van der Waals surface area contributed by atoms with Crippen molar-refractivity contribution in [2.75, 3.05) is 18.4 Å². The Morgan fingerprint density at radius 1 is 1.31 bits per heavy atom. The van der Waals surface area contributed by atoms with Gasteiger partial charge in [0.05, 0.1) is 5.56 Å². The van der Waals surface area contributed by atoms with Crippen LogP contribution in [0.3, 0.4) is 0 Å². The molecule has 3 nitrogen and oxygen atoms in total. The third-order valence-corrected chi connectivity index (χ3v) is 2.35. The van der Waals surface area contributed by atoms with Crippen LogP contribution in [-0.4, -0.2) is 23.1 Å². The van der Waals surface area contributed by atoms with Gasteiger partial charge in [-0.05, 0) is 19.1 Å². The number of aromatic nitrogens is 1. The zero-order valence-electron chi connectivity index (χ0n) is 7.42. The van der Waals surface area contributed by atoms with Crippen molar-refractivity contribution in [1.82, 2.24) is 10.3 Å². The average molecular weight is 193 g/mol. The molecule has 0 saturated heterocycles. The van der Waals surface area contributed by atoms with Gasteiger partial charge in [0.2, 0.25) is 0 Å². The molecule has 0 aliphatic carbocycles. The smallest absolute Gasteiger partial charge is 0.136 e. The predicted octanol–water partition coefficient (Wildman–Crippen LogP) is 1.08. The van der Waals surface area contributed by atoms with Gasteiger partial charge in [-0.15, -0.1) is 0 Å². The zero-order valence-corrected chi connectivity index (χ0v) is 8.24. The Kier molecular flexibility index (Phi) is 2.14. The second-order valence-electron chi connectivity index (χ2n) is 3.03. The first-order valence-electron chi connectivity index (χ1n) is 4.27. The Morgan fingerprint density at radius 3 is 2.92 bits per heavy atom. The van der Waals surface area contributed by atoms with Gasteiger partial charge >= 0.3 is 0 Å². The van der Waals surface area contributed by atoms with Gasteiger partial charge in [0.1, 0.15) is 10.8 Å². The van der Waals surface area contributed by atoms with Crippen LogP contribution in [0.5, 0.6) is 0 Å². The van der Waals surface area contributed by atoms with Crippen molar-refractivity contribution in [3.63, 3.8) is 0 Å². The summed E-state index contributed by atoms with van der Waals surface area (Å²) in [5.74, 6) is 0.898. The van der Waals surface area contributed by atoms with E-state index in [0.29, 0.717) is 0 Å². The van der Waals surface area contributed by atoms with Gasteiger partial charge in [-0.2, -0.15) is 0 Å². The molecular formula is C9H11N3S. The number of anilines is 1. The highest BCUT2D eigenvalue weighted by Gasteiger charge is 2.11. The minimum Gasteiger partial charge on any atom is -0.374 e. The molecule has 0 aromatic carbocycles. The molecule has 0 radical (unpaired) electrons. The summed E-state index contributed by atoms with van der Waals surface area (Å²) in [6, 6.07) is 3.98. The third-order valence-electron chi connectivity index (χ3n) is 1.98. The zero-order chi connectivity index (χ0) is 9.26. The maximum Gasteiger partial charge on any atom is 0.136 e. The van der Waals surface area contributed by atoms with E-state index >= 15 is 0 Å². The van der Waals surface area contributed by atoms with Crippen LogP contribution in [0.4, 0.5) is 5.82 Å². The number of thiocarbonyl (C=S) groups is 1. The molecule has 2 N–H and O–H groups in total. The van der Waals surface area contributed by atoms with Crippen molar-refractivity contribution in [2.45, 2.75) is 6.92 Å². The summed E-state index contributed by atoms with van der Waals surface area (Å²) < 4.78 is 0. The molecule has 0 atom stereocenters. The number of nitrogens with zero attached hydrogens (tertiary/aromatic N) is 1. The Hall–Kier alpha value is -1.16. The number of hydrogen-bond donors (Lipinski definition) is 2. The van der Waals surface area contributed by atoms with Crippen LogP contribution in [0.15, 0.2) is 12.1 Å². The van der Waals surface area contributed by atoms with Crippen LogP contribution in [0.1, 0.15) is 11.3 Å². The van der Waals surface area contributed by atoms with E-state index in [1.165, 1.54) is 0 Å². The average Bonchev–Trinajstić information content (AvgIpc) is 2.28. The van der Waals surface area contributed by atoms with Gasteiger partial charge in [-0.3, -0.25) is 0 Å². The van der Waals surface area contributed by atoms with E-state index in [1.807, 2.05) is 19.1 Å². The molecule has 2 rings (SSSR count). The highest BCUT2D eigenvalue weighted by atomic mass is 32.1. The molecule has 2 heterocycles. The number of pyridine rings is 1. The van der Waals surface area contributed by atoms with Gasteiger partial charge in [-0.25, -0.2) is 4.98 Å². The van der Waals surface area contributed by atoms with Gasteiger partial charge in [0.15, 0.2) is 0 Å². The molecule has 1 aliphatic heterocycles. The van der Waals surface area contributed by atoms with Crippen molar-refractivity contribution in [2.24, 2.45) is 0 Å². The second-order valence-corrected chi connectivity index (χ2v) is 3.44. The van der Waals surface area contributed by atoms with Crippen molar-refractivity contribution >= 4 is 23.0 Å². The SMILES string of the molecule is Cc1ccc2c(n1)NCCNC2=S. The Balaban J connectivity index is 2.48. The number of nitrogens with one attached hydrogen (secondary N) is 2. The molecule has 0 bridgehead atoms. The van der Waals surface area contributed by atoms with Crippen molar-refractivity contribution in [1.29, 1.82) is 0 Å². The Labute approximate surface area is 82.6 Å². The largest absolute Gasteiger partial charge is 0.374 e. The highest BCUT2D eigenvalue weighted by Crippen LogP contribution is 2.15. The van der Waals surface area contributed by atoms with Gasteiger partial charge in [0.25, 0.3) is 0 Å². The molecule has 0 saturated carbocycles. The number of aryl methyl sites for hydroxylation is 1. The quantitative estimate of drug-likeness (QED) is 0.605. The summed E-state index contributed by atoms with van der Waals surface area (Å²) in [4.78, 5) is 5.17. The molecule has 0 fully saturated rings. The molecule has 1 aromatic heterocycles. The summed E-state index contributed by atoms with van der Waals surface area (Å²) in [5.41, 5.74) is 2.01. The fraction of sp³-hybridized carbons (Fsp3) is 0.333. The van der Waals surface area contributed by atoms with E-state index in [-0.39, 0.29) is 0 Å². The van der Waals surface area contributed by atoms with Gasteiger partial charge in [0, 0.05) is 18.8 Å². The maximum absolute atomic E-state index is 5.20. The Morgan fingerprint density at radius 2 is 2.08 bits per heavy atom. The van der Waals surface area contributed by atoms with E-state index < -0.39 is 0 Å². The minimum absolute atomic E-state index is 0.785. The second kappa shape index (κ2) is 3.30. The molecule has 0 unspecified atom stereocenters. The lowest BCUT2D eigenvalue weighted by atomic mass is 10.2. The molecular weight excluding hydrogens is 182 g/mol. The van der Waals surface area contributed by atoms with Crippen LogP contribution in [-0.2, 0) is 0 Å². The molecule has 4 heteroatoms. The normalized spacial score (nSPS) is 15.3. The number of fused-ring (bicyclic) bond motifs is 1. The minimum atomic E-state index is 0.785. The first kappa shape index (κ1) is 8.44. The third kappa shape index (κ3) is 1.62. The highest BCUT2D eigenvalue weighted by molar-refractivity contribution is 7.80. The number of hydrogen-bond acceptors (Lipinski definition) is 3. The van der Waals surface area contributed by atoms with E-state index in [4.69, 9.17) is 12.2 Å². The van der Waals surface area contributed by atoms with Crippen molar-refractivity contribution < 1.29 is 0 Å². The van der Waals surface area contributed by atoms with Crippen molar-refractivity contribution in [3.8, 4) is 0 Å². The molecule has 13 heavy (non-hydrogen) atoms. The predicted molar refractivity (Wildman–Crippen MR) is 57.2 cm³/mol. The topological polar surface area (TPSA) is 37.0 Å². The Bertz CT molecular complexity index is 349. The van der Waals surface area contributed by atoms with E-state index in [2.05, 4.69) is 15.6 Å². The molecule has 0 amide bonds. The summed E-state index contributed by atoms with van der Waals surface area (Å²) >= 11 is 5.20. The molecule has 0 spiro atoms. The number of rotatable bonds is 0. The standard InChI is InChI=1S/C9H11N3S/c1-6-2-3-7-8(12-6)10-4-5-11-9(7)13/h2-3H,4-5H2,1H3,(H,10,12)(H,11,13). The summed E-state index contributed by atoms with van der Waals surface area (Å²) in [5, 5.41) is 6.38. The van der Waals surface area contributed by atoms with Gasteiger partial charge < -0.3 is 10.6 Å². The van der Waals surface area contributed by atoms with Crippen LogP contribution in [0, 0.1) is 6.92 Å². The summed E-state index contributed by atoms with van der Waals surface area (Å²) in [7, 11) is 0. The van der Waals surface area contributed by atoms with Crippen LogP contribution in [0.2, 0.25) is 0 Å². The van der Waals surface area contributed by atoms with Crippen LogP contribution < -0.4 is 10.6 Å². The summed E-state index contributed by atoms with van der Waals surface area (Å²) in [6.07, 6.45) is 0. The van der Waals surface area contributed by atoms with Crippen LogP contribution in [0.25, 0.3) is 0 Å². The lowest BCUT2D eigenvalue weighted by Gasteiger charge is -2.06. The maximum atomic E-state index is 5.20. The molecule has 1 aliphatic rings. The van der Waals surface area contributed by atoms with Gasteiger partial charge in [-0.1, -0.05) is 12.2 Å². The molecule has 1 aromatic rings. The lowest BCUT2D eigenvalue weighted by Crippen LogP contribution is -2.23. The lowest BCUT2D eigenvalue weighted by molar-refractivity contribution is 0.928. The summed E-state index contributed by atoms with van der Waals surface area (Å²) in [6.45, 7) is 3.70.